The van der Waals surface area contributed by atoms with Crippen molar-refractivity contribution in [3.8, 4) is 0 Å². The van der Waals surface area contributed by atoms with Gasteiger partial charge in [-0.2, -0.15) is 0 Å². The van der Waals surface area contributed by atoms with Crippen LogP contribution in [0.15, 0.2) is 30.3 Å². The third-order valence-corrected chi connectivity index (χ3v) is 5.22. The van der Waals surface area contributed by atoms with E-state index < -0.39 is 0 Å². The molecule has 3 atom stereocenters. The second-order valence-corrected chi connectivity index (χ2v) is 7.67. The molecule has 22 heavy (non-hydrogen) atoms. The molecule has 1 N–H and O–H groups in total. The number of benzene rings is 1. The minimum Gasteiger partial charge on any atom is -0.342 e. The molecule has 2 aliphatic rings. The largest absolute Gasteiger partial charge is 0.342 e. The lowest BCUT2D eigenvalue weighted by Gasteiger charge is -2.35. The Morgan fingerprint density at radius 3 is 2.77 bits per heavy atom. The predicted octanol–water partition coefficient (Wildman–Crippen LogP) is 2.85. The van der Waals surface area contributed by atoms with Crippen molar-refractivity contribution in [2.75, 3.05) is 13.1 Å². The summed E-state index contributed by atoms with van der Waals surface area (Å²) in [5, 5.41) is 3.87. The summed E-state index contributed by atoms with van der Waals surface area (Å²) in [5.41, 5.74) is 1.55. The Bertz CT molecular complexity index is 527. The van der Waals surface area contributed by atoms with Crippen molar-refractivity contribution < 1.29 is 4.79 Å². The van der Waals surface area contributed by atoms with Crippen LogP contribution in [0.2, 0.25) is 0 Å². The number of nitrogens with one attached hydrogen (secondary N) is 1. The van der Waals surface area contributed by atoms with Gasteiger partial charge >= 0.3 is 0 Å². The number of rotatable bonds is 3. The van der Waals surface area contributed by atoms with Gasteiger partial charge in [-0.15, -0.1) is 0 Å². The van der Waals surface area contributed by atoms with E-state index in [0.717, 1.165) is 32.4 Å². The van der Waals surface area contributed by atoms with Gasteiger partial charge in [-0.25, -0.2) is 0 Å². The van der Waals surface area contributed by atoms with Gasteiger partial charge < -0.3 is 10.2 Å². The van der Waals surface area contributed by atoms with Crippen LogP contribution in [0.4, 0.5) is 0 Å². The van der Waals surface area contributed by atoms with E-state index in [2.05, 4.69) is 47.5 Å². The summed E-state index contributed by atoms with van der Waals surface area (Å²) in [5.74, 6) is 1.03. The average Bonchev–Trinajstić information content (AvgIpc) is 2.82. The molecule has 0 aromatic heterocycles. The third kappa shape index (κ3) is 3.19. The molecule has 1 aromatic carbocycles. The van der Waals surface area contributed by atoms with Gasteiger partial charge in [0.2, 0.25) is 5.91 Å². The van der Waals surface area contributed by atoms with Crippen LogP contribution in [0.25, 0.3) is 0 Å². The Morgan fingerprint density at radius 1 is 1.36 bits per heavy atom. The molecule has 3 heteroatoms. The van der Waals surface area contributed by atoms with Crippen molar-refractivity contribution in [1.29, 1.82) is 0 Å². The molecular formula is C19H28N2O. The van der Waals surface area contributed by atoms with Gasteiger partial charge in [0.15, 0.2) is 0 Å². The normalized spacial score (nSPS) is 31.4. The first-order chi connectivity index (χ1) is 10.5. The lowest BCUT2D eigenvalue weighted by Crippen LogP contribution is -2.49. The van der Waals surface area contributed by atoms with Crippen LogP contribution in [-0.4, -0.2) is 35.5 Å². The van der Waals surface area contributed by atoms with Gasteiger partial charge in [-0.3, -0.25) is 4.79 Å². The number of carbonyl (C=O) groups excluding carboxylic acids is 1. The smallest absolute Gasteiger partial charge is 0.225 e. The number of fused-ring (bicyclic) bond motifs is 1. The quantitative estimate of drug-likeness (QED) is 0.931. The maximum atomic E-state index is 12.2. The molecule has 120 valence electrons. The Labute approximate surface area is 134 Å². The predicted molar refractivity (Wildman–Crippen MR) is 89.6 cm³/mol. The van der Waals surface area contributed by atoms with E-state index in [0.29, 0.717) is 17.9 Å². The minimum absolute atomic E-state index is 0.113. The van der Waals surface area contributed by atoms with Crippen LogP contribution < -0.4 is 5.32 Å². The Hall–Kier alpha value is -1.35. The van der Waals surface area contributed by atoms with Crippen molar-refractivity contribution in [2.45, 2.75) is 51.6 Å². The molecule has 3 rings (SSSR count). The highest BCUT2D eigenvalue weighted by atomic mass is 16.2. The first-order valence-electron chi connectivity index (χ1n) is 8.57. The van der Waals surface area contributed by atoms with Crippen molar-refractivity contribution in [2.24, 2.45) is 11.8 Å². The standard InChI is InChI=1S/C19H28N2O/c1-14(2)18(22)21-10-9-17-16(13-21)12-19(3,20-17)11-15-7-5-4-6-8-15/h4-8,14,16-17,20H,9-13H2,1-3H3/t16-,17+,19-/m1/s1. The molecular weight excluding hydrogens is 272 g/mol. The summed E-state index contributed by atoms with van der Waals surface area (Å²) < 4.78 is 0. The van der Waals surface area contributed by atoms with Crippen molar-refractivity contribution in [3.05, 3.63) is 35.9 Å². The number of piperidine rings is 1. The lowest BCUT2D eigenvalue weighted by atomic mass is 9.85. The topological polar surface area (TPSA) is 32.3 Å². The van der Waals surface area contributed by atoms with Crippen molar-refractivity contribution in [3.63, 3.8) is 0 Å². The SMILES string of the molecule is CC(C)C(=O)N1CC[C@@H]2N[C@](C)(Cc3ccccc3)C[C@@H]2C1. The second-order valence-electron chi connectivity index (χ2n) is 7.67. The zero-order chi connectivity index (χ0) is 15.7. The summed E-state index contributed by atoms with van der Waals surface area (Å²) in [6, 6.07) is 11.3. The first-order valence-corrected chi connectivity index (χ1v) is 8.57. The first kappa shape index (κ1) is 15.5. The maximum absolute atomic E-state index is 12.2. The highest BCUT2D eigenvalue weighted by Gasteiger charge is 2.44. The number of likely N-dealkylation sites (tertiary alicyclic amines) is 1. The molecule has 1 amide bonds. The fraction of sp³-hybridized carbons (Fsp3) is 0.632. The molecule has 0 spiro atoms. The van der Waals surface area contributed by atoms with Gasteiger partial charge in [0.1, 0.15) is 0 Å². The van der Waals surface area contributed by atoms with E-state index in [4.69, 9.17) is 0 Å². The number of hydrogen-bond donors (Lipinski definition) is 1. The molecule has 2 fully saturated rings. The van der Waals surface area contributed by atoms with Crippen LogP contribution in [0.5, 0.6) is 0 Å². The molecule has 0 saturated carbocycles. The van der Waals surface area contributed by atoms with E-state index in [9.17, 15) is 4.79 Å². The minimum atomic E-state index is 0.113. The zero-order valence-electron chi connectivity index (χ0n) is 14.0. The van der Waals surface area contributed by atoms with Crippen molar-refractivity contribution >= 4 is 5.91 Å². The van der Waals surface area contributed by atoms with Crippen LogP contribution in [0, 0.1) is 11.8 Å². The van der Waals surface area contributed by atoms with E-state index in [-0.39, 0.29) is 11.5 Å². The summed E-state index contributed by atoms with van der Waals surface area (Å²) in [7, 11) is 0. The Balaban J connectivity index is 1.65. The molecule has 0 aliphatic carbocycles. The summed E-state index contributed by atoms with van der Waals surface area (Å²) in [6.07, 6.45) is 3.32. The number of carbonyl (C=O) groups is 1. The van der Waals surface area contributed by atoms with Gasteiger partial charge in [0.05, 0.1) is 0 Å². The van der Waals surface area contributed by atoms with Crippen LogP contribution >= 0.6 is 0 Å². The summed E-state index contributed by atoms with van der Waals surface area (Å²) >= 11 is 0. The highest BCUT2D eigenvalue weighted by molar-refractivity contribution is 5.78. The number of nitrogens with zero attached hydrogens (tertiary/aromatic N) is 1. The van der Waals surface area contributed by atoms with E-state index in [1.54, 1.807) is 0 Å². The monoisotopic (exact) mass is 300 g/mol. The highest BCUT2D eigenvalue weighted by Crippen LogP contribution is 2.36. The summed E-state index contributed by atoms with van der Waals surface area (Å²) in [6.45, 7) is 8.18. The zero-order valence-corrected chi connectivity index (χ0v) is 14.0. The van der Waals surface area contributed by atoms with Gasteiger partial charge in [0, 0.05) is 30.6 Å². The number of amides is 1. The number of hydrogen-bond acceptors (Lipinski definition) is 2. The molecule has 3 nitrogen and oxygen atoms in total. The fourth-order valence-electron chi connectivity index (χ4n) is 4.25. The molecule has 2 heterocycles. The average molecular weight is 300 g/mol. The molecule has 2 aliphatic heterocycles. The van der Waals surface area contributed by atoms with E-state index >= 15 is 0 Å². The van der Waals surface area contributed by atoms with Crippen LogP contribution in [0.3, 0.4) is 0 Å². The molecule has 0 unspecified atom stereocenters. The lowest BCUT2D eigenvalue weighted by molar-refractivity contribution is -0.136. The van der Waals surface area contributed by atoms with Gasteiger partial charge in [-0.1, -0.05) is 44.2 Å². The van der Waals surface area contributed by atoms with Gasteiger partial charge in [-0.05, 0) is 37.7 Å². The van der Waals surface area contributed by atoms with Crippen LogP contribution in [0.1, 0.15) is 39.2 Å². The third-order valence-electron chi connectivity index (χ3n) is 5.22. The van der Waals surface area contributed by atoms with Crippen molar-refractivity contribution in [1.82, 2.24) is 10.2 Å². The molecule has 2 saturated heterocycles. The Kier molecular flexibility index (Phi) is 4.26. The maximum Gasteiger partial charge on any atom is 0.225 e. The molecule has 0 bridgehead atoms. The van der Waals surface area contributed by atoms with Gasteiger partial charge in [0.25, 0.3) is 0 Å². The van der Waals surface area contributed by atoms with Crippen LogP contribution in [-0.2, 0) is 11.2 Å². The fourth-order valence-corrected chi connectivity index (χ4v) is 4.25. The Morgan fingerprint density at radius 2 is 2.09 bits per heavy atom. The second kappa shape index (κ2) is 6.04. The molecule has 0 radical (unpaired) electrons. The van der Waals surface area contributed by atoms with E-state index in [1.807, 2.05) is 13.8 Å². The molecule has 1 aromatic rings. The summed E-state index contributed by atoms with van der Waals surface area (Å²) in [4.78, 5) is 14.3. The van der Waals surface area contributed by atoms with E-state index in [1.165, 1.54) is 5.56 Å².